The fourth-order valence-electron chi connectivity index (χ4n) is 3.17. The van der Waals surface area contributed by atoms with Crippen LogP contribution >= 0.6 is 15.9 Å². The molecule has 16 nitrogen and oxygen atoms in total. The quantitative estimate of drug-likeness (QED) is 0.156. The Bertz CT molecular complexity index is 1070. The van der Waals surface area contributed by atoms with E-state index < -0.39 is 64.3 Å². The summed E-state index contributed by atoms with van der Waals surface area (Å²) in [6.07, 6.45) is -4.64. The molecule has 2 aromatic rings. The lowest BCUT2D eigenvalue weighted by Crippen LogP contribution is -2.34. The third-order valence-electron chi connectivity index (χ3n) is 4.73. The van der Waals surface area contributed by atoms with Crippen LogP contribution in [0.3, 0.4) is 0 Å². The van der Waals surface area contributed by atoms with E-state index in [1.807, 2.05) is 0 Å². The molecular formula is C14H19N5O11P2-2. The van der Waals surface area contributed by atoms with Gasteiger partial charge in [0.1, 0.15) is 24.9 Å². The molecule has 0 bridgehead atoms. The number of anilines is 1. The maximum absolute atomic E-state index is 12.3. The van der Waals surface area contributed by atoms with Crippen molar-refractivity contribution in [3.05, 3.63) is 16.7 Å². The van der Waals surface area contributed by atoms with Gasteiger partial charge in [-0.1, -0.05) is 0 Å². The van der Waals surface area contributed by atoms with Gasteiger partial charge in [-0.05, 0) is 25.0 Å². The Morgan fingerprint density at radius 3 is 2.72 bits per heavy atom. The van der Waals surface area contributed by atoms with Crippen LogP contribution in [0.15, 0.2) is 11.1 Å². The van der Waals surface area contributed by atoms with Gasteiger partial charge < -0.3 is 44.6 Å². The molecule has 18 heteroatoms. The number of aliphatic hydroxyl groups is 3. The van der Waals surface area contributed by atoms with Crippen LogP contribution in [-0.4, -0.2) is 72.1 Å². The summed E-state index contributed by atoms with van der Waals surface area (Å²) in [5.74, 6) is -2.16. The van der Waals surface area contributed by atoms with Gasteiger partial charge in [-0.25, -0.2) is 4.98 Å². The fourth-order valence-corrected chi connectivity index (χ4v) is 4.23. The predicted octanol–water partition coefficient (Wildman–Crippen LogP) is -3.80. The van der Waals surface area contributed by atoms with E-state index in [2.05, 4.69) is 24.8 Å². The third-order valence-corrected chi connectivity index (χ3v) is 6.27. The first-order valence-electron chi connectivity index (χ1n) is 9.17. The lowest BCUT2D eigenvalue weighted by Gasteiger charge is -2.38. The molecule has 1 fully saturated rings. The SMILES string of the molecule is O=c1[nH]c(NC(CCCO[P+](=O)[O-])P(=O)([O-])[O-])nc2c1ncn2[C@@H]1O[C@H](CO)[C@@H](O)[C@H]1O. The van der Waals surface area contributed by atoms with Crippen LogP contribution in [0, 0.1) is 0 Å². The summed E-state index contributed by atoms with van der Waals surface area (Å²) in [5, 5.41) is 31.7. The molecule has 6 atom stereocenters. The smallest absolute Gasteiger partial charge is 0.488 e. The fraction of sp³-hybridized carbons (Fsp3) is 0.643. The molecule has 3 rings (SSSR count). The van der Waals surface area contributed by atoms with Gasteiger partial charge in [0.05, 0.1) is 18.7 Å². The highest BCUT2D eigenvalue weighted by Gasteiger charge is 2.44. The number of fused-ring (bicyclic) bond motifs is 1. The number of hydrogen-bond acceptors (Lipinski definition) is 14. The van der Waals surface area contributed by atoms with E-state index >= 15 is 0 Å². The molecule has 3 heterocycles. The van der Waals surface area contributed by atoms with Crippen molar-refractivity contribution in [1.29, 1.82) is 0 Å². The van der Waals surface area contributed by atoms with Gasteiger partial charge in [-0.15, -0.1) is 4.52 Å². The summed E-state index contributed by atoms with van der Waals surface area (Å²) in [7, 11) is -8.38. The number of aromatic nitrogens is 4. The van der Waals surface area contributed by atoms with Gasteiger partial charge in [0.15, 0.2) is 17.4 Å². The van der Waals surface area contributed by atoms with Gasteiger partial charge in [-0.3, -0.25) is 14.3 Å². The number of rotatable bonds is 10. The first-order chi connectivity index (χ1) is 15.0. The summed E-state index contributed by atoms with van der Waals surface area (Å²) in [4.78, 5) is 56.1. The second kappa shape index (κ2) is 9.97. The zero-order chi connectivity index (χ0) is 23.6. The van der Waals surface area contributed by atoms with Gasteiger partial charge in [-0.2, -0.15) is 4.98 Å². The number of H-pyrrole nitrogens is 1. The van der Waals surface area contributed by atoms with Crippen LogP contribution < -0.4 is 25.6 Å². The van der Waals surface area contributed by atoms with Crippen molar-refractivity contribution in [2.75, 3.05) is 18.5 Å². The largest absolute Gasteiger partial charge is 0.809 e. The number of hydrogen-bond donors (Lipinski definition) is 5. The second-order valence-electron chi connectivity index (χ2n) is 6.87. The Hall–Kier alpha value is -1.84. The minimum absolute atomic E-state index is 0.109. The first-order valence-corrected chi connectivity index (χ1v) is 11.9. The maximum atomic E-state index is 12.3. The Morgan fingerprint density at radius 2 is 2.12 bits per heavy atom. The minimum Gasteiger partial charge on any atom is -0.809 e. The third kappa shape index (κ3) is 5.38. The van der Waals surface area contributed by atoms with E-state index in [-0.39, 0.29) is 30.6 Å². The molecule has 0 saturated carbocycles. The van der Waals surface area contributed by atoms with Crippen LogP contribution in [0.5, 0.6) is 0 Å². The van der Waals surface area contributed by atoms with Crippen LogP contribution in [0.2, 0.25) is 0 Å². The molecule has 0 spiro atoms. The molecule has 1 saturated heterocycles. The molecule has 178 valence electrons. The molecule has 2 aromatic heterocycles. The Morgan fingerprint density at radius 1 is 1.41 bits per heavy atom. The van der Waals surface area contributed by atoms with E-state index in [0.717, 1.165) is 10.9 Å². The zero-order valence-corrected chi connectivity index (χ0v) is 17.9. The van der Waals surface area contributed by atoms with E-state index in [4.69, 9.17) is 4.74 Å². The highest BCUT2D eigenvalue weighted by Crippen LogP contribution is 2.35. The molecule has 0 aliphatic carbocycles. The van der Waals surface area contributed by atoms with Gasteiger partial charge in [0, 0.05) is 0 Å². The van der Waals surface area contributed by atoms with E-state index in [1.165, 1.54) is 0 Å². The van der Waals surface area contributed by atoms with E-state index in [0.29, 0.717) is 0 Å². The summed E-state index contributed by atoms with van der Waals surface area (Å²) >= 11 is 0. The van der Waals surface area contributed by atoms with Gasteiger partial charge >= 0.3 is 8.25 Å². The number of imidazole rings is 1. The number of aromatic amines is 1. The van der Waals surface area contributed by atoms with E-state index in [9.17, 15) is 43.9 Å². The molecule has 0 radical (unpaired) electrons. The molecule has 2 unspecified atom stereocenters. The van der Waals surface area contributed by atoms with Crippen molar-refractivity contribution in [1.82, 2.24) is 19.5 Å². The first kappa shape index (κ1) is 24.8. The number of aliphatic hydroxyl groups excluding tert-OH is 3. The van der Waals surface area contributed by atoms with Gasteiger partial charge in [0.25, 0.3) is 5.56 Å². The zero-order valence-electron chi connectivity index (χ0n) is 16.1. The highest BCUT2D eigenvalue weighted by atomic mass is 31.2. The highest BCUT2D eigenvalue weighted by molar-refractivity contribution is 7.49. The molecule has 1 aliphatic rings. The van der Waals surface area contributed by atoms with Crippen molar-refractivity contribution >= 4 is 33.0 Å². The number of nitrogens with zero attached hydrogens (tertiary/aromatic N) is 3. The van der Waals surface area contributed by atoms with Crippen LogP contribution in [0.4, 0.5) is 5.95 Å². The summed E-state index contributed by atoms with van der Waals surface area (Å²) < 4.78 is 32.8. The van der Waals surface area contributed by atoms with Crippen molar-refractivity contribution < 1.29 is 48.4 Å². The van der Waals surface area contributed by atoms with Crippen molar-refractivity contribution in [2.24, 2.45) is 0 Å². The molecule has 0 amide bonds. The summed E-state index contributed by atoms with van der Waals surface area (Å²) in [5.41, 5.74) is -1.17. The Labute approximate surface area is 180 Å². The van der Waals surface area contributed by atoms with Crippen molar-refractivity contribution in [2.45, 2.75) is 43.2 Å². The lowest BCUT2D eigenvalue weighted by molar-refractivity contribution is -0.316. The molecule has 0 aromatic carbocycles. The summed E-state index contributed by atoms with van der Waals surface area (Å²) in [6, 6.07) is 0. The van der Waals surface area contributed by atoms with Crippen LogP contribution in [0.25, 0.3) is 11.2 Å². The number of ether oxygens (including phenoxy) is 1. The van der Waals surface area contributed by atoms with Crippen molar-refractivity contribution in [3.8, 4) is 0 Å². The van der Waals surface area contributed by atoms with Crippen LogP contribution in [0.1, 0.15) is 19.1 Å². The number of nitrogens with one attached hydrogen (secondary N) is 2. The van der Waals surface area contributed by atoms with Crippen LogP contribution in [-0.2, 0) is 18.4 Å². The average molecular weight is 495 g/mol. The maximum Gasteiger partial charge on any atom is 0.488 e. The minimum atomic E-state index is -5.26. The second-order valence-corrected chi connectivity index (χ2v) is 9.27. The lowest BCUT2D eigenvalue weighted by atomic mass is 10.1. The molecule has 5 N–H and O–H groups in total. The normalized spacial score (nSPS) is 25.2. The molecule has 32 heavy (non-hydrogen) atoms. The van der Waals surface area contributed by atoms with Crippen molar-refractivity contribution in [3.63, 3.8) is 0 Å². The monoisotopic (exact) mass is 495 g/mol. The topological polar surface area (TPSA) is 258 Å². The predicted molar refractivity (Wildman–Crippen MR) is 99.0 cm³/mol. The Balaban J connectivity index is 1.87. The van der Waals surface area contributed by atoms with Gasteiger partial charge in [0.2, 0.25) is 5.95 Å². The standard InChI is InChI=1S/C14H21N5O11P2/c20-4-6-9(21)10(22)13(30-6)19-5-15-8-11(19)17-14(18-12(8)23)16-7(32(26,27)28)2-1-3-29-31(24)25/h5-7,9-10,13,20-22H,1-4H2,(H2,26,27,28)(H2,16,17,18,23)/p-2/t6-,7?,9-,10-,13-/m1/s1. The molecular weight excluding hydrogens is 476 g/mol. The van der Waals surface area contributed by atoms with E-state index in [1.54, 1.807) is 0 Å². The Kier molecular flexibility index (Phi) is 7.73. The molecule has 1 aliphatic heterocycles. The average Bonchev–Trinajstić information content (AvgIpc) is 3.25. The summed E-state index contributed by atoms with van der Waals surface area (Å²) in [6.45, 7) is -0.936.